The lowest BCUT2D eigenvalue weighted by Gasteiger charge is -2.32. The van der Waals surface area contributed by atoms with Gasteiger partial charge in [-0.2, -0.15) is 0 Å². The van der Waals surface area contributed by atoms with Crippen molar-refractivity contribution in [3.63, 3.8) is 0 Å². The number of likely N-dealkylation sites (tertiary alicyclic amines) is 1. The first-order valence-electron chi connectivity index (χ1n) is 9.28. The van der Waals surface area contributed by atoms with Gasteiger partial charge in [0.25, 0.3) is 0 Å². The van der Waals surface area contributed by atoms with E-state index in [-0.39, 0.29) is 5.41 Å². The van der Waals surface area contributed by atoms with E-state index in [4.69, 9.17) is 9.47 Å². The lowest BCUT2D eigenvalue weighted by molar-refractivity contribution is 0.0706. The summed E-state index contributed by atoms with van der Waals surface area (Å²) in [6.07, 6.45) is 3.11. The zero-order valence-electron chi connectivity index (χ0n) is 15.4. The number of ether oxygens (including phenoxy) is 2. The van der Waals surface area contributed by atoms with Crippen LogP contribution in [-0.2, 0) is 17.8 Å². The van der Waals surface area contributed by atoms with E-state index in [1.165, 1.54) is 17.0 Å². The van der Waals surface area contributed by atoms with Gasteiger partial charge in [0, 0.05) is 43.2 Å². The molecule has 2 aromatic rings. The van der Waals surface area contributed by atoms with Gasteiger partial charge in [-0.15, -0.1) is 11.3 Å². The highest BCUT2D eigenvalue weighted by Gasteiger charge is 2.41. The molecule has 0 amide bonds. The monoisotopic (exact) mass is 373 g/mol. The average molecular weight is 374 g/mol. The molecule has 1 aromatic carbocycles. The van der Waals surface area contributed by atoms with Gasteiger partial charge < -0.3 is 9.47 Å². The van der Waals surface area contributed by atoms with E-state index in [0.717, 1.165) is 58.2 Å². The van der Waals surface area contributed by atoms with Gasteiger partial charge in [0.1, 0.15) is 10.8 Å². The van der Waals surface area contributed by atoms with Crippen LogP contribution in [0, 0.1) is 5.41 Å². The first-order valence-corrected chi connectivity index (χ1v) is 10.2. The minimum atomic E-state index is 0.250. The van der Waals surface area contributed by atoms with Crippen molar-refractivity contribution < 1.29 is 9.47 Å². The largest absolute Gasteiger partial charge is 0.497 e. The normalized spacial score (nSPS) is 24.8. The highest BCUT2D eigenvalue weighted by Crippen LogP contribution is 2.34. The molecule has 1 spiro atoms. The number of methoxy groups -OCH3 is 1. The molecular formula is C20H27N3O2S. The first kappa shape index (κ1) is 17.9. The summed E-state index contributed by atoms with van der Waals surface area (Å²) in [6.45, 7) is 7.99. The fourth-order valence-corrected chi connectivity index (χ4v) is 4.80. The Kier molecular flexibility index (Phi) is 5.55. The molecule has 1 aromatic heterocycles. The molecule has 0 aliphatic carbocycles. The van der Waals surface area contributed by atoms with Crippen LogP contribution >= 0.6 is 11.3 Å². The molecule has 6 heteroatoms. The predicted octanol–water partition coefficient (Wildman–Crippen LogP) is 2.88. The molecule has 0 radical (unpaired) electrons. The van der Waals surface area contributed by atoms with E-state index in [1.807, 2.05) is 18.3 Å². The van der Waals surface area contributed by atoms with Crippen molar-refractivity contribution >= 4 is 11.3 Å². The van der Waals surface area contributed by atoms with Crippen molar-refractivity contribution in [2.45, 2.75) is 19.5 Å². The van der Waals surface area contributed by atoms with E-state index >= 15 is 0 Å². The summed E-state index contributed by atoms with van der Waals surface area (Å²) in [6, 6.07) is 8.43. The molecule has 0 saturated carbocycles. The van der Waals surface area contributed by atoms with Crippen LogP contribution in [0.5, 0.6) is 5.75 Å². The summed E-state index contributed by atoms with van der Waals surface area (Å²) in [5.74, 6) is 0.915. The fraction of sp³-hybridized carbons (Fsp3) is 0.550. The molecular weight excluding hydrogens is 346 g/mol. The van der Waals surface area contributed by atoms with Crippen LogP contribution < -0.4 is 4.74 Å². The molecule has 2 aliphatic heterocycles. The average Bonchev–Trinajstić information content (AvgIpc) is 3.25. The van der Waals surface area contributed by atoms with E-state index in [1.54, 1.807) is 18.4 Å². The molecule has 2 saturated heterocycles. The molecule has 2 aliphatic rings. The third-order valence-corrected chi connectivity index (χ3v) is 6.21. The molecule has 0 bridgehead atoms. The number of thiazole rings is 1. The number of hydrogen-bond donors (Lipinski definition) is 0. The van der Waals surface area contributed by atoms with Crippen molar-refractivity contribution in [2.75, 3.05) is 46.5 Å². The Bertz CT molecular complexity index is 692. The van der Waals surface area contributed by atoms with Gasteiger partial charge in [0.2, 0.25) is 0 Å². The Morgan fingerprint density at radius 2 is 1.96 bits per heavy atom. The summed E-state index contributed by atoms with van der Waals surface area (Å²) < 4.78 is 11.3. The SMILES string of the molecule is COc1ccc(CN2CCOC[C@]3(CCN(Cc4nccs4)C3)C2)cc1. The van der Waals surface area contributed by atoms with Gasteiger partial charge in [0.15, 0.2) is 0 Å². The van der Waals surface area contributed by atoms with Crippen LogP contribution in [0.15, 0.2) is 35.8 Å². The van der Waals surface area contributed by atoms with Crippen molar-refractivity contribution in [1.29, 1.82) is 0 Å². The molecule has 0 unspecified atom stereocenters. The van der Waals surface area contributed by atoms with Gasteiger partial charge in [-0.3, -0.25) is 9.80 Å². The summed E-state index contributed by atoms with van der Waals surface area (Å²) in [4.78, 5) is 9.54. The summed E-state index contributed by atoms with van der Waals surface area (Å²) in [5, 5.41) is 3.28. The summed E-state index contributed by atoms with van der Waals surface area (Å²) >= 11 is 1.75. The standard InChI is InChI=1S/C20H27N3O2S/c1-24-18-4-2-17(3-5-18)12-23-9-10-25-16-20(15-23)6-8-22(14-20)13-19-21-7-11-26-19/h2-5,7,11H,6,8-10,12-16H2,1H3/t20-/m0/s1. The summed E-state index contributed by atoms with van der Waals surface area (Å²) in [7, 11) is 1.71. The second kappa shape index (κ2) is 8.05. The molecule has 5 nitrogen and oxygen atoms in total. The van der Waals surface area contributed by atoms with Crippen LogP contribution in [0.2, 0.25) is 0 Å². The second-order valence-corrected chi connectivity index (χ2v) is 8.48. The minimum absolute atomic E-state index is 0.250. The Morgan fingerprint density at radius 1 is 1.15 bits per heavy atom. The predicted molar refractivity (Wildman–Crippen MR) is 104 cm³/mol. The number of aromatic nitrogens is 1. The maximum Gasteiger partial charge on any atom is 0.118 e. The third kappa shape index (κ3) is 4.26. The van der Waals surface area contributed by atoms with Gasteiger partial charge in [-0.25, -0.2) is 4.98 Å². The Labute approximate surface area is 159 Å². The zero-order valence-corrected chi connectivity index (χ0v) is 16.2. The zero-order chi connectivity index (χ0) is 17.8. The van der Waals surface area contributed by atoms with Crippen LogP contribution in [0.3, 0.4) is 0 Å². The number of benzene rings is 1. The van der Waals surface area contributed by atoms with Crippen LogP contribution in [0.4, 0.5) is 0 Å². The van der Waals surface area contributed by atoms with Crippen molar-refractivity contribution in [3.8, 4) is 5.75 Å². The third-order valence-electron chi connectivity index (χ3n) is 5.44. The van der Waals surface area contributed by atoms with E-state index in [0.29, 0.717) is 0 Å². The second-order valence-electron chi connectivity index (χ2n) is 7.50. The summed E-state index contributed by atoms with van der Waals surface area (Å²) in [5.41, 5.74) is 1.58. The fourth-order valence-electron chi connectivity index (χ4n) is 4.14. The molecule has 26 heavy (non-hydrogen) atoms. The van der Waals surface area contributed by atoms with E-state index in [9.17, 15) is 0 Å². The van der Waals surface area contributed by atoms with Crippen molar-refractivity contribution in [1.82, 2.24) is 14.8 Å². The molecule has 1 atom stereocenters. The topological polar surface area (TPSA) is 37.8 Å². The molecule has 140 valence electrons. The molecule has 4 rings (SSSR count). The maximum atomic E-state index is 6.02. The van der Waals surface area contributed by atoms with Gasteiger partial charge in [-0.1, -0.05) is 12.1 Å². The number of nitrogens with zero attached hydrogens (tertiary/aromatic N) is 3. The van der Waals surface area contributed by atoms with E-state index < -0.39 is 0 Å². The lowest BCUT2D eigenvalue weighted by atomic mass is 9.87. The minimum Gasteiger partial charge on any atom is -0.497 e. The van der Waals surface area contributed by atoms with Crippen molar-refractivity contribution in [3.05, 3.63) is 46.4 Å². The Hall–Kier alpha value is -1.47. The highest BCUT2D eigenvalue weighted by atomic mass is 32.1. The Morgan fingerprint density at radius 3 is 2.69 bits per heavy atom. The van der Waals surface area contributed by atoms with Gasteiger partial charge in [-0.05, 0) is 30.7 Å². The first-order chi connectivity index (χ1) is 12.7. The quantitative estimate of drug-likeness (QED) is 0.806. The van der Waals surface area contributed by atoms with E-state index in [2.05, 4.69) is 32.3 Å². The highest BCUT2D eigenvalue weighted by molar-refractivity contribution is 7.09. The van der Waals surface area contributed by atoms with Crippen LogP contribution in [-0.4, -0.2) is 61.3 Å². The smallest absolute Gasteiger partial charge is 0.118 e. The van der Waals surface area contributed by atoms with Crippen LogP contribution in [0.25, 0.3) is 0 Å². The van der Waals surface area contributed by atoms with Gasteiger partial charge in [0.05, 0.1) is 26.9 Å². The molecule has 2 fully saturated rings. The van der Waals surface area contributed by atoms with Crippen LogP contribution in [0.1, 0.15) is 17.0 Å². The number of rotatable bonds is 5. The maximum absolute atomic E-state index is 6.02. The van der Waals surface area contributed by atoms with Crippen molar-refractivity contribution in [2.24, 2.45) is 5.41 Å². The lowest BCUT2D eigenvalue weighted by Crippen LogP contribution is -2.40. The molecule has 0 N–H and O–H groups in total. The Balaban J connectivity index is 1.39. The van der Waals surface area contributed by atoms with Gasteiger partial charge >= 0.3 is 0 Å². The molecule has 3 heterocycles. The number of hydrogen-bond acceptors (Lipinski definition) is 6.